The Bertz CT molecular complexity index is 733. The van der Waals surface area contributed by atoms with E-state index in [0.29, 0.717) is 0 Å². The summed E-state index contributed by atoms with van der Waals surface area (Å²) in [6, 6.07) is 14.1. The third-order valence-electron chi connectivity index (χ3n) is 3.25. The average Bonchev–Trinajstić information content (AvgIpc) is 2.47. The minimum absolute atomic E-state index is 0.285. The van der Waals surface area contributed by atoms with Crippen molar-refractivity contribution in [3.63, 3.8) is 0 Å². The molecule has 2 aromatic rings. The summed E-state index contributed by atoms with van der Waals surface area (Å²) in [6.45, 7) is 4.11. The lowest BCUT2D eigenvalue weighted by Gasteiger charge is -2.29. The maximum absolute atomic E-state index is 8.78. The molecule has 1 amide bonds. The highest BCUT2D eigenvalue weighted by Gasteiger charge is 2.24. The molecule has 0 spiro atoms. The zero-order valence-corrected chi connectivity index (χ0v) is 13.1. The van der Waals surface area contributed by atoms with Crippen LogP contribution in [0.25, 0.3) is 17.2 Å². The minimum Gasteiger partial charge on any atom is -0.483 e. The van der Waals surface area contributed by atoms with Gasteiger partial charge in [-0.2, -0.15) is 0 Å². The second kappa shape index (κ2) is 6.44. The number of hydrogen-bond donors (Lipinski definition) is 3. The van der Waals surface area contributed by atoms with Crippen molar-refractivity contribution in [3.8, 4) is 16.9 Å². The van der Waals surface area contributed by atoms with Crippen molar-refractivity contribution in [1.82, 2.24) is 0 Å². The monoisotopic (exact) mass is 312 g/mol. The van der Waals surface area contributed by atoms with E-state index in [1.165, 1.54) is 0 Å². The number of carboxylic acid groups (broad SMARTS) is 1. The molecule has 0 aromatic heterocycles. The van der Waals surface area contributed by atoms with Crippen molar-refractivity contribution in [2.24, 2.45) is 5.73 Å². The molecule has 1 heterocycles. The Morgan fingerprint density at radius 1 is 1.17 bits per heavy atom. The fraction of sp³-hybridized carbons (Fsp3) is 0.167. The molecule has 5 heteroatoms. The maximum atomic E-state index is 8.78. The van der Waals surface area contributed by atoms with Crippen LogP contribution >= 0.6 is 0 Å². The number of anilines is 1. The van der Waals surface area contributed by atoms with Crippen molar-refractivity contribution < 1.29 is 14.6 Å². The summed E-state index contributed by atoms with van der Waals surface area (Å²) >= 11 is 0. The number of carbonyl (C=O) groups is 1. The lowest BCUT2D eigenvalue weighted by atomic mass is 9.96. The van der Waals surface area contributed by atoms with Crippen LogP contribution in [0.1, 0.15) is 19.4 Å². The molecule has 0 fully saturated rings. The molecule has 0 aliphatic carbocycles. The van der Waals surface area contributed by atoms with Crippen molar-refractivity contribution in [2.75, 3.05) is 5.73 Å². The van der Waals surface area contributed by atoms with E-state index in [4.69, 9.17) is 20.4 Å². The third-order valence-corrected chi connectivity index (χ3v) is 3.25. The average molecular weight is 312 g/mol. The van der Waals surface area contributed by atoms with Crippen LogP contribution in [0.4, 0.5) is 10.5 Å². The van der Waals surface area contributed by atoms with Crippen molar-refractivity contribution in [3.05, 3.63) is 54.1 Å². The number of hydrogen-bond acceptors (Lipinski definition) is 3. The summed E-state index contributed by atoms with van der Waals surface area (Å²) in [5.41, 5.74) is 13.7. The van der Waals surface area contributed by atoms with E-state index in [-0.39, 0.29) is 5.60 Å². The van der Waals surface area contributed by atoms with Gasteiger partial charge in [0.2, 0.25) is 0 Å². The standard InChI is InChI=1S/C17H17NO.CH3NO2/c1-17(2)9-8-13-10-14(18)11-15(16(13)19-17)12-6-4-3-5-7-12;2-1(3)4/h3-11H,18H2,1-2H3;2H2,(H,3,4). The Hall–Kier alpha value is -2.95. The number of nitrogens with two attached hydrogens (primary N) is 2. The van der Waals surface area contributed by atoms with Crippen molar-refractivity contribution >= 4 is 17.9 Å². The Morgan fingerprint density at radius 2 is 1.78 bits per heavy atom. The molecule has 2 aromatic carbocycles. The predicted octanol–water partition coefficient (Wildman–Crippen LogP) is 3.74. The van der Waals surface area contributed by atoms with Gasteiger partial charge in [-0.05, 0) is 37.6 Å². The first-order chi connectivity index (χ1) is 10.8. The first-order valence-corrected chi connectivity index (χ1v) is 7.14. The first kappa shape index (κ1) is 16.4. The number of primary amides is 1. The zero-order valence-electron chi connectivity index (χ0n) is 13.1. The van der Waals surface area contributed by atoms with E-state index in [2.05, 4.69) is 43.9 Å². The van der Waals surface area contributed by atoms with Gasteiger partial charge in [0, 0.05) is 16.8 Å². The number of amides is 1. The Labute approximate surface area is 135 Å². The Morgan fingerprint density at radius 3 is 2.39 bits per heavy atom. The topological polar surface area (TPSA) is 98.6 Å². The van der Waals surface area contributed by atoms with Gasteiger partial charge in [0.15, 0.2) is 0 Å². The molecule has 0 radical (unpaired) electrons. The quantitative estimate of drug-likeness (QED) is 0.698. The largest absolute Gasteiger partial charge is 0.483 e. The number of benzene rings is 2. The number of nitrogen functional groups attached to an aromatic ring is 1. The molecular weight excluding hydrogens is 292 g/mol. The summed E-state index contributed by atoms with van der Waals surface area (Å²) in [6.07, 6.45) is 2.81. The SMILES string of the molecule is CC1(C)C=Cc2cc(N)cc(-c3ccccc3)c2O1.NC(=O)O. The molecule has 1 aliphatic rings. The molecule has 120 valence electrons. The summed E-state index contributed by atoms with van der Waals surface area (Å²) < 4.78 is 6.12. The molecular formula is C18H20N2O3. The van der Waals surface area contributed by atoms with Crippen LogP contribution in [-0.4, -0.2) is 16.8 Å². The van der Waals surface area contributed by atoms with Crippen LogP contribution in [0, 0.1) is 0 Å². The van der Waals surface area contributed by atoms with Gasteiger partial charge in [0.25, 0.3) is 0 Å². The summed E-state index contributed by atoms with van der Waals surface area (Å²) in [5, 5.41) is 7.19. The van der Waals surface area contributed by atoms with E-state index < -0.39 is 6.09 Å². The van der Waals surface area contributed by atoms with E-state index in [1.54, 1.807) is 0 Å². The number of fused-ring (bicyclic) bond motifs is 1. The lowest BCUT2D eigenvalue weighted by molar-refractivity contribution is 0.160. The normalized spacial score (nSPS) is 14.0. The highest BCUT2D eigenvalue weighted by Crippen LogP contribution is 2.40. The fourth-order valence-corrected chi connectivity index (χ4v) is 2.33. The smallest absolute Gasteiger partial charge is 0.402 e. The molecule has 0 atom stereocenters. The van der Waals surface area contributed by atoms with Gasteiger partial charge in [0.1, 0.15) is 11.4 Å². The molecule has 23 heavy (non-hydrogen) atoms. The van der Waals surface area contributed by atoms with Gasteiger partial charge < -0.3 is 21.3 Å². The number of ether oxygens (including phenoxy) is 1. The molecule has 5 N–H and O–H groups in total. The minimum atomic E-state index is -1.33. The Balaban J connectivity index is 0.000000433. The molecule has 1 aliphatic heterocycles. The summed E-state index contributed by atoms with van der Waals surface area (Å²) in [5.74, 6) is 0.910. The predicted molar refractivity (Wildman–Crippen MR) is 92.2 cm³/mol. The summed E-state index contributed by atoms with van der Waals surface area (Å²) in [4.78, 5) is 8.78. The van der Waals surface area contributed by atoms with Gasteiger partial charge in [-0.1, -0.05) is 36.4 Å². The number of rotatable bonds is 1. The van der Waals surface area contributed by atoms with Crippen molar-refractivity contribution in [2.45, 2.75) is 19.4 Å². The maximum Gasteiger partial charge on any atom is 0.402 e. The Kier molecular flexibility index (Phi) is 4.60. The van der Waals surface area contributed by atoms with Gasteiger partial charge in [-0.15, -0.1) is 0 Å². The van der Waals surface area contributed by atoms with Crippen LogP contribution in [0.5, 0.6) is 5.75 Å². The highest BCUT2D eigenvalue weighted by molar-refractivity contribution is 5.81. The van der Waals surface area contributed by atoms with E-state index in [1.807, 2.05) is 30.3 Å². The lowest BCUT2D eigenvalue weighted by Crippen LogP contribution is -2.27. The van der Waals surface area contributed by atoms with Gasteiger partial charge in [-0.3, -0.25) is 0 Å². The van der Waals surface area contributed by atoms with Gasteiger partial charge in [0.05, 0.1) is 0 Å². The van der Waals surface area contributed by atoms with E-state index >= 15 is 0 Å². The zero-order chi connectivity index (χ0) is 17.0. The molecule has 5 nitrogen and oxygen atoms in total. The van der Waals surface area contributed by atoms with Gasteiger partial charge in [-0.25, -0.2) is 4.79 Å². The van der Waals surface area contributed by atoms with E-state index in [0.717, 1.165) is 28.1 Å². The second-order valence-electron chi connectivity index (χ2n) is 5.73. The van der Waals surface area contributed by atoms with Crippen LogP contribution in [0.15, 0.2) is 48.5 Å². The fourth-order valence-electron chi connectivity index (χ4n) is 2.33. The highest BCUT2D eigenvalue weighted by atomic mass is 16.5. The summed E-state index contributed by atoms with van der Waals surface area (Å²) in [7, 11) is 0. The van der Waals surface area contributed by atoms with Crippen molar-refractivity contribution in [1.29, 1.82) is 0 Å². The van der Waals surface area contributed by atoms with Crippen LogP contribution in [-0.2, 0) is 0 Å². The van der Waals surface area contributed by atoms with Crippen LogP contribution in [0.3, 0.4) is 0 Å². The molecule has 0 unspecified atom stereocenters. The third kappa shape index (κ3) is 4.26. The van der Waals surface area contributed by atoms with Gasteiger partial charge >= 0.3 is 6.09 Å². The first-order valence-electron chi connectivity index (χ1n) is 7.14. The molecule has 0 saturated carbocycles. The van der Waals surface area contributed by atoms with E-state index in [9.17, 15) is 0 Å². The molecule has 0 saturated heterocycles. The molecule has 0 bridgehead atoms. The van der Waals surface area contributed by atoms with Crippen LogP contribution in [0.2, 0.25) is 0 Å². The molecule has 3 rings (SSSR count). The second-order valence-corrected chi connectivity index (χ2v) is 5.73. The van der Waals surface area contributed by atoms with Crippen LogP contribution < -0.4 is 16.2 Å².